The van der Waals surface area contributed by atoms with Crippen molar-refractivity contribution in [3.8, 4) is 11.3 Å². The van der Waals surface area contributed by atoms with Crippen molar-refractivity contribution in [2.75, 3.05) is 11.9 Å². The van der Waals surface area contributed by atoms with Crippen molar-refractivity contribution in [1.29, 1.82) is 0 Å². The number of nitrogens with one attached hydrogen (secondary N) is 1. The van der Waals surface area contributed by atoms with Gasteiger partial charge in [-0.3, -0.25) is 4.79 Å². The van der Waals surface area contributed by atoms with Gasteiger partial charge in [0.25, 0.3) is 5.91 Å². The smallest absolute Gasteiger partial charge is 0.433 e. The topological polar surface area (TPSA) is 68.3 Å². The van der Waals surface area contributed by atoms with Crippen LogP contribution in [0.3, 0.4) is 0 Å². The Morgan fingerprint density at radius 2 is 1.62 bits per heavy atom. The van der Waals surface area contributed by atoms with Gasteiger partial charge < -0.3 is 10.1 Å². The van der Waals surface area contributed by atoms with Gasteiger partial charge in [0.05, 0.1) is 23.4 Å². The van der Waals surface area contributed by atoms with E-state index >= 15 is 0 Å². The molecule has 0 aliphatic carbocycles. The summed E-state index contributed by atoms with van der Waals surface area (Å²) in [4.78, 5) is 28.7. The van der Waals surface area contributed by atoms with Crippen molar-refractivity contribution in [2.45, 2.75) is 26.9 Å². The number of aromatic nitrogens is 1. The predicted molar refractivity (Wildman–Crippen MR) is 115 cm³/mol. The number of halogens is 3. The summed E-state index contributed by atoms with van der Waals surface area (Å²) in [7, 11) is 0. The first-order valence-electron chi connectivity index (χ1n) is 9.85. The third kappa shape index (κ3) is 4.96. The maximum absolute atomic E-state index is 13.2. The van der Waals surface area contributed by atoms with Crippen LogP contribution >= 0.6 is 0 Å². The van der Waals surface area contributed by atoms with E-state index < -0.39 is 23.7 Å². The average Bonchev–Trinajstić information content (AvgIpc) is 2.75. The van der Waals surface area contributed by atoms with E-state index in [1.165, 1.54) is 24.3 Å². The molecule has 3 aromatic rings. The highest BCUT2D eigenvalue weighted by molar-refractivity contribution is 6.10. The molecule has 0 bridgehead atoms. The summed E-state index contributed by atoms with van der Waals surface area (Å²) in [6.45, 7) is 5.36. The van der Waals surface area contributed by atoms with Gasteiger partial charge in [0.2, 0.25) is 0 Å². The number of ether oxygens (including phenoxy) is 1. The number of benzene rings is 2. The molecule has 1 heterocycles. The summed E-state index contributed by atoms with van der Waals surface area (Å²) < 4.78 is 44.5. The zero-order valence-electron chi connectivity index (χ0n) is 17.7. The second kappa shape index (κ2) is 9.21. The Labute approximate surface area is 183 Å². The molecule has 0 unspecified atom stereocenters. The van der Waals surface area contributed by atoms with Gasteiger partial charge in [-0.1, -0.05) is 18.2 Å². The highest BCUT2D eigenvalue weighted by Gasteiger charge is 2.33. The molecule has 5 nitrogen and oxygen atoms in total. The first kappa shape index (κ1) is 23.0. The minimum absolute atomic E-state index is 0.0591. The molecule has 0 fully saturated rings. The Balaban J connectivity index is 1.98. The maximum Gasteiger partial charge on any atom is 0.433 e. The molecule has 0 saturated heterocycles. The van der Waals surface area contributed by atoms with Crippen LogP contribution in [0.15, 0.2) is 54.6 Å². The van der Waals surface area contributed by atoms with Crippen LogP contribution in [0.2, 0.25) is 0 Å². The first-order valence-corrected chi connectivity index (χ1v) is 9.85. The normalized spacial score (nSPS) is 11.2. The number of pyridine rings is 1. The highest BCUT2D eigenvalue weighted by atomic mass is 19.4. The van der Waals surface area contributed by atoms with Crippen molar-refractivity contribution < 1.29 is 27.5 Å². The molecular formula is C24H21F3N2O3. The fourth-order valence-corrected chi connectivity index (χ4v) is 3.26. The number of carbonyl (C=O) groups is 2. The fraction of sp³-hybridized carbons (Fsp3) is 0.208. The molecule has 0 spiro atoms. The molecule has 0 radical (unpaired) electrons. The van der Waals surface area contributed by atoms with Gasteiger partial charge in [0.1, 0.15) is 5.69 Å². The van der Waals surface area contributed by atoms with Gasteiger partial charge in [0.15, 0.2) is 0 Å². The fourth-order valence-electron chi connectivity index (χ4n) is 3.26. The van der Waals surface area contributed by atoms with Crippen LogP contribution in [0.4, 0.5) is 18.9 Å². The van der Waals surface area contributed by atoms with Gasteiger partial charge in [-0.05, 0) is 68.3 Å². The lowest BCUT2D eigenvalue weighted by molar-refractivity contribution is -0.141. The van der Waals surface area contributed by atoms with Crippen LogP contribution in [0.25, 0.3) is 11.3 Å². The van der Waals surface area contributed by atoms with Gasteiger partial charge in [-0.15, -0.1) is 0 Å². The van der Waals surface area contributed by atoms with Gasteiger partial charge in [0, 0.05) is 11.3 Å². The van der Waals surface area contributed by atoms with E-state index in [-0.39, 0.29) is 17.9 Å². The number of nitrogens with zero attached hydrogens (tertiary/aromatic N) is 1. The molecule has 166 valence electrons. The molecule has 8 heteroatoms. The molecule has 0 saturated carbocycles. The molecule has 1 amide bonds. The van der Waals surface area contributed by atoms with Crippen molar-refractivity contribution in [2.24, 2.45) is 0 Å². The largest absolute Gasteiger partial charge is 0.462 e. The molecular weight excluding hydrogens is 421 g/mol. The monoisotopic (exact) mass is 442 g/mol. The Bertz CT molecular complexity index is 1160. The number of amides is 1. The lowest BCUT2D eigenvalue weighted by atomic mass is 9.93. The summed E-state index contributed by atoms with van der Waals surface area (Å²) in [6, 6.07) is 13.2. The Hall–Kier alpha value is -3.68. The first-order chi connectivity index (χ1) is 15.1. The van der Waals surface area contributed by atoms with Crippen LogP contribution in [0.1, 0.15) is 44.5 Å². The van der Waals surface area contributed by atoms with E-state index in [2.05, 4.69) is 10.3 Å². The number of alkyl halides is 3. The SMILES string of the molecule is CCOC(=O)c1ccc(NC(=O)c2c(C)ccc(C)c2-c2cccc(C(F)(F)F)n2)cc1. The van der Waals surface area contributed by atoms with Crippen LogP contribution in [-0.4, -0.2) is 23.5 Å². The number of rotatable bonds is 5. The van der Waals surface area contributed by atoms with E-state index in [0.29, 0.717) is 27.9 Å². The summed E-state index contributed by atoms with van der Waals surface area (Å²) in [5.41, 5.74) is 1.55. The van der Waals surface area contributed by atoms with E-state index in [1.54, 1.807) is 45.0 Å². The number of esters is 1. The van der Waals surface area contributed by atoms with E-state index in [4.69, 9.17) is 4.74 Å². The van der Waals surface area contributed by atoms with Gasteiger partial charge >= 0.3 is 12.1 Å². The number of carbonyl (C=O) groups excluding carboxylic acids is 2. The number of aryl methyl sites for hydroxylation is 2. The average molecular weight is 442 g/mol. The molecule has 0 atom stereocenters. The molecule has 1 N–H and O–H groups in total. The summed E-state index contributed by atoms with van der Waals surface area (Å²) in [6.07, 6.45) is -4.60. The molecule has 3 rings (SSSR count). The lowest BCUT2D eigenvalue weighted by Crippen LogP contribution is -2.16. The van der Waals surface area contributed by atoms with Crippen LogP contribution in [-0.2, 0) is 10.9 Å². The Morgan fingerprint density at radius 3 is 2.25 bits per heavy atom. The van der Waals surface area contributed by atoms with E-state index in [9.17, 15) is 22.8 Å². The lowest BCUT2D eigenvalue weighted by Gasteiger charge is -2.16. The van der Waals surface area contributed by atoms with Crippen molar-refractivity contribution in [3.63, 3.8) is 0 Å². The summed E-state index contributed by atoms with van der Waals surface area (Å²) >= 11 is 0. The second-order valence-corrected chi connectivity index (χ2v) is 7.11. The highest BCUT2D eigenvalue weighted by Crippen LogP contribution is 2.33. The zero-order valence-corrected chi connectivity index (χ0v) is 17.7. The Kier molecular flexibility index (Phi) is 6.62. The molecule has 2 aromatic carbocycles. The van der Waals surface area contributed by atoms with Crippen LogP contribution < -0.4 is 5.32 Å². The number of hydrogen-bond donors (Lipinski definition) is 1. The minimum atomic E-state index is -4.60. The van der Waals surface area contributed by atoms with Crippen molar-refractivity contribution >= 4 is 17.6 Å². The van der Waals surface area contributed by atoms with Crippen LogP contribution in [0, 0.1) is 13.8 Å². The summed E-state index contributed by atoms with van der Waals surface area (Å²) in [5.74, 6) is -0.970. The maximum atomic E-state index is 13.2. The molecule has 32 heavy (non-hydrogen) atoms. The van der Waals surface area contributed by atoms with Crippen molar-refractivity contribution in [3.05, 3.63) is 82.5 Å². The summed E-state index contributed by atoms with van der Waals surface area (Å²) in [5, 5.41) is 2.74. The minimum Gasteiger partial charge on any atom is -0.462 e. The van der Waals surface area contributed by atoms with E-state index in [0.717, 1.165) is 6.07 Å². The standard InChI is InChI=1S/C24H21F3N2O3/c1-4-32-23(31)16-10-12-17(13-11-16)28-22(30)21-15(3)9-8-14(2)20(21)18-6-5-7-19(29-18)24(25,26)27/h5-13H,4H2,1-3H3,(H,28,30). The predicted octanol–water partition coefficient (Wildman–Crippen LogP) is 5.81. The molecule has 0 aliphatic rings. The Morgan fingerprint density at radius 1 is 0.969 bits per heavy atom. The molecule has 0 aliphatic heterocycles. The third-order valence-electron chi connectivity index (χ3n) is 4.80. The third-order valence-corrected chi connectivity index (χ3v) is 4.80. The molecule has 1 aromatic heterocycles. The second-order valence-electron chi connectivity index (χ2n) is 7.11. The van der Waals surface area contributed by atoms with Gasteiger partial charge in [-0.25, -0.2) is 9.78 Å². The quantitative estimate of drug-likeness (QED) is 0.506. The number of hydrogen-bond acceptors (Lipinski definition) is 4. The number of anilines is 1. The van der Waals surface area contributed by atoms with E-state index in [1.807, 2.05) is 0 Å². The zero-order chi connectivity index (χ0) is 23.5. The van der Waals surface area contributed by atoms with Gasteiger partial charge in [-0.2, -0.15) is 13.2 Å². The van der Waals surface area contributed by atoms with Crippen LogP contribution in [0.5, 0.6) is 0 Å². The van der Waals surface area contributed by atoms with Crippen molar-refractivity contribution in [1.82, 2.24) is 4.98 Å².